The van der Waals surface area contributed by atoms with Crippen LogP contribution in [0.1, 0.15) is 38.8 Å². The van der Waals surface area contributed by atoms with E-state index in [-0.39, 0.29) is 24.4 Å². The van der Waals surface area contributed by atoms with E-state index >= 15 is 0 Å². The zero-order valence-corrected chi connectivity index (χ0v) is 12.8. The summed E-state index contributed by atoms with van der Waals surface area (Å²) in [6, 6.07) is 5.22. The van der Waals surface area contributed by atoms with Gasteiger partial charge in [-0.15, -0.1) is 11.8 Å². The number of benzene rings is 1. The summed E-state index contributed by atoms with van der Waals surface area (Å²) in [5.74, 6) is 0.866. The van der Waals surface area contributed by atoms with Crippen molar-refractivity contribution in [3.8, 4) is 0 Å². The van der Waals surface area contributed by atoms with Gasteiger partial charge in [-0.2, -0.15) is 0 Å². The zero-order chi connectivity index (χ0) is 14.3. The van der Waals surface area contributed by atoms with Crippen molar-refractivity contribution in [2.75, 3.05) is 18.9 Å². The van der Waals surface area contributed by atoms with Crippen LogP contribution in [0.3, 0.4) is 0 Å². The summed E-state index contributed by atoms with van der Waals surface area (Å²) in [5.41, 5.74) is 0.742. The second-order valence-electron chi connectivity index (χ2n) is 4.93. The van der Waals surface area contributed by atoms with Crippen LogP contribution < -0.4 is 5.32 Å². The van der Waals surface area contributed by atoms with E-state index in [1.807, 2.05) is 19.9 Å². The third-order valence-corrected chi connectivity index (χ3v) is 4.38. The third-order valence-electron chi connectivity index (χ3n) is 2.98. The van der Waals surface area contributed by atoms with Crippen LogP contribution in [0, 0.1) is 11.7 Å². The fourth-order valence-corrected chi connectivity index (χ4v) is 2.99. The minimum absolute atomic E-state index is 0.00748. The monoisotopic (exact) mass is 285 g/mol. The number of hydrogen-bond donors (Lipinski definition) is 2. The number of halogens is 1. The molecule has 0 saturated heterocycles. The molecule has 0 amide bonds. The summed E-state index contributed by atoms with van der Waals surface area (Å²) in [7, 11) is 0. The topological polar surface area (TPSA) is 32.3 Å². The summed E-state index contributed by atoms with van der Waals surface area (Å²) in [6.45, 7) is 7.13. The maximum atomic E-state index is 14.0. The molecule has 0 aliphatic heterocycles. The normalized spacial score (nSPS) is 14.4. The highest BCUT2D eigenvalue weighted by Gasteiger charge is 2.16. The van der Waals surface area contributed by atoms with E-state index in [1.54, 1.807) is 17.8 Å². The number of thioether (sulfide) groups is 1. The molecule has 1 aromatic rings. The summed E-state index contributed by atoms with van der Waals surface area (Å²) < 4.78 is 14.0. The highest BCUT2D eigenvalue weighted by molar-refractivity contribution is 7.99. The van der Waals surface area contributed by atoms with Gasteiger partial charge in [0.15, 0.2) is 0 Å². The van der Waals surface area contributed by atoms with Crippen LogP contribution in [0.4, 0.5) is 4.39 Å². The lowest BCUT2D eigenvalue weighted by Crippen LogP contribution is -2.21. The van der Waals surface area contributed by atoms with Crippen molar-refractivity contribution in [1.82, 2.24) is 5.32 Å². The van der Waals surface area contributed by atoms with Crippen molar-refractivity contribution in [3.05, 3.63) is 29.6 Å². The summed E-state index contributed by atoms with van der Waals surface area (Å²) in [4.78, 5) is 0.969. The van der Waals surface area contributed by atoms with E-state index in [0.29, 0.717) is 0 Å². The number of hydrogen-bond acceptors (Lipinski definition) is 3. The molecule has 0 radical (unpaired) electrons. The third kappa shape index (κ3) is 5.13. The first kappa shape index (κ1) is 16.5. The van der Waals surface area contributed by atoms with E-state index in [0.717, 1.165) is 29.2 Å². The van der Waals surface area contributed by atoms with Crippen molar-refractivity contribution in [1.29, 1.82) is 0 Å². The van der Waals surface area contributed by atoms with Gasteiger partial charge in [0.05, 0.1) is 0 Å². The lowest BCUT2D eigenvalue weighted by molar-refractivity contribution is 0.250. The molecule has 0 aromatic heterocycles. The molecule has 0 spiro atoms. The van der Waals surface area contributed by atoms with Gasteiger partial charge in [0.25, 0.3) is 0 Å². The Morgan fingerprint density at radius 3 is 2.74 bits per heavy atom. The molecule has 0 aliphatic rings. The van der Waals surface area contributed by atoms with E-state index in [9.17, 15) is 4.39 Å². The molecule has 1 aromatic carbocycles. The predicted molar refractivity (Wildman–Crippen MR) is 80.1 cm³/mol. The maximum absolute atomic E-state index is 14.0. The van der Waals surface area contributed by atoms with Crippen LogP contribution in [0.25, 0.3) is 0 Å². The quantitative estimate of drug-likeness (QED) is 0.716. The van der Waals surface area contributed by atoms with Gasteiger partial charge in [-0.25, -0.2) is 4.39 Å². The number of aliphatic hydroxyl groups is 1. The molecular formula is C15H24FNOS. The average Bonchev–Trinajstić information content (AvgIpc) is 2.42. The molecule has 19 heavy (non-hydrogen) atoms. The predicted octanol–water partition coefficient (Wildman–Crippen LogP) is 3.61. The first-order chi connectivity index (χ1) is 9.10. The first-order valence-electron chi connectivity index (χ1n) is 6.85. The Bertz CT molecular complexity index is 386. The fraction of sp³-hybridized carbons (Fsp3) is 0.600. The lowest BCUT2D eigenvalue weighted by atomic mass is 10.1. The SMILES string of the molecule is CCCNC(C)c1c(F)cccc1SCC(C)CO. The summed E-state index contributed by atoms with van der Waals surface area (Å²) in [6.07, 6.45) is 1.03. The van der Waals surface area contributed by atoms with Gasteiger partial charge in [0, 0.05) is 28.9 Å². The van der Waals surface area contributed by atoms with Gasteiger partial charge < -0.3 is 10.4 Å². The molecule has 4 heteroatoms. The van der Waals surface area contributed by atoms with Crippen molar-refractivity contribution < 1.29 is 9.50 Å². The molecule has 0 saturated carbocycles. The number of rotatable bonds is 8. The van der Waals surface area contributed by atoms with Crippen LogP contribution in [0.5, 0.6) is 0 Å². The number of nitrogens with one attached hydrogen (secondary N) is 1. The minimum atomic E-state index is -0.155. The lowest BCUT2D eigenvalue weighted by Gasteiger charge is -2.19. The Morgan fingerprint density at radius 2 is 2.11 bits per heavy atom. The highest BCUT2D eigenvalue weighted by atomic mass is 32.2. The average molecular weight is 285 g/mol. The second-order valence-corrected chi connectivity index (χ2v) is 5.99. The molecule has 2 nitrogen and oxygen atoms in total. The van der Waals surface area contributed by atoms with Gasteiger partial charge in [0.2, 0.25) is 0 Å². The summed E-state index contributed by atoms with van der Waals surface area (Å²) in [5, 5.41) is 12.4. The van der Waals surface area contributed by atoms with Crippen molar-refractivity contribution in [2.45, 2.75) is 38.1 Å². The van der Waals surface area contributed by atoms with Crippen LogP contribution in [0.2, 0.25) is 0 Å². The van der Waals surface area contributed by atoms with Crippen molar-refractivity contribution in [3.63, 3.8) is 0 Å². The molecule has 2 N–H and O–H groups in total. The van der Waals surface area contributed by atoms with Gasteiger partial charge in [0.1, 0.15) is 5.82 Å². The largest absolute Gasteiger partial charge is 0.396 e. The van der Waals surface area contributed by atoms with E-state index in [2.05, 4.69) is 12.2 Å². The van der Waals surface area contributed by atoms with E-state index in [4.69, 9.17) is 5.11 Å². The Balaban J connectivity index is 2.82. The van der Waals surface area contributed by atoms with Crippen LogP contribution in [-0.2, 0) is 0 Å². The molecule has 1 rings (SSSR count). The second kappa shape index (κ2) is 8.56. The van der Waals surface area contributed by atoms with E-state index in [1.165, 1.54) is 6.07 Å². The van der Waals surface area contributed by atoms with Crippen molar-refractivity contribution in [2.24, 2.45) is 5.92 Å². The molecule has 0 fully saturated rings. The molecular weight excluding hydrogens is 261 g/mol. The summed E-state index contributed by atoms with van der Waals surface area (Å²) >= 11 is 1.62. The van der Waals surface area contributed by atoms with Crippen LogP contribution in [0.15, 0.2) is 23.1 Å². The van der Waals surface area contributed by atoms with E-state index < -0.39 is 0 Å². The molecule has 2 atom stereocenters. The standard InChI is InChI=1S/C15H24FNOS/c1-4-8-17-12(3)15-13(16)6-5-7-14(15)19-10-11(2)9-18/h5-7,11-12,17-18H,4,8-10H2,1-3H3. The smallest absolute Gasteiger partial charge is 0.129 e. The zero-order valence-electron chi connectivity index (χ0n) is 11.9. The van der Waals surface area contributed by atoms with Crippen LogP contribution in [-0.4, -0.2) is 24.0 Å². The number of aliphatic hydroxyl groups excluding tert-OH is 1. The molecule has 108 valence electrons. The molecule has 0 heterocycles. The Labute approximate surface area is 119 Å². The Kier molecular flexibility index (Phi) is 7.42. The fourth-order valence-electron chi connectivity index (χ4n) is 1.81. The van der Waals surface area contributed by atoms with Crippen molar-refractivity contribution >= 4 is 11.8 Å². The van der Waals surface area contributed by atoms with Gasteiger partial charge >= 0.3 is 0 Å². The molecule has 2 unspecified atom stereocenters. The highest BCUT2D eigenvalue weighted by Crippen LogP contribution is 2.30. The minimum Gasteiger partial charge on any atom is -0.396 e. The Morgan fingerprint density at radius 1 is 1.37 bits per heavy atom. The maximum Gasteiger partial charge on any atom is 0.129 e. The van der Waals surface area contributed by atoms with Gasteiger partial charge in [-0.05, 0) is 37.9 Å². The first-order valence-corrected chi connectivity index (χ1v) is 7.84. The Hall–Kier alpha value is -0.580. The van der Waals surface area contributed by atoms with Gasteiger partial charge in [-0.3, -0.25) is 0 Å². The van der Waals surface area contributed by atoms with Gasteiger partial charge in [-0.1, -0.05) is 19.9 Å². The van der Waals surface area contributed by atoms with Crippen LogP contribution >= 0.6 is 11.8 Å². The molecule has 0 aliphatic carbocycles. The molecule has 0 bridgehead atoms.